The number of alkyl carbamates (subject to hydrolysis) is 1. The van der Waals surface area contributed by atoms with Gasteiger partial charge < -0.3 is 14.8 Å². The predicted molar refractivity (Wildman–Crippen MR) is 102 cm³/mol. The zero-order valence-corrected chi connectivity index (χ0v) is 16.2. The summed E-state index contributed by atoms with van der Waals surface area (Å²) in [6, 6.07) is 9.41. The van der Waals surface area contributed by atoms with Gasteiger partial charge in [0.15, 0.2) is 0 Å². The van der Waals surface area contributed by atoms with Crippen molar-refractivity contribution in [2.75, 3.05) is 6.54 Å². The molecule has 1 aliphatic carbocycles. The van der Waals surface area contributed by atoms with Crippen LogP contribution in [0.15, 0.2) is 42.5 Å². The van der Waals surface area contributed by atoms with Gasteiger partial charge >= 0.3 is 12.2 Å². The molecule has 0 saturated heterocycles. The van der Waals surface area contributed by atoms with Gasteiger partial charge in [0.2, 0.25) is 0 Å². The molecule has 2 aliphatic rings. The van der Waals surface area contributed by atoms with Crippen LogP contribution in [0.2, 0.25) is 0 Å². The van der Waals surface area contributed by atoms with Crippen LogP contribution in [0, 0.1) is 0 Å². The van der Waals surface area contributed by atoms with E-state index in [9.17, 15) is 9.59 Å². The van der Waals surface area contributed by atoms with Crippen molar-refractivity contribution < 1.29 is 19.1 Å². The SMILES string of the molecule is CC(C)(C)OC(=O)N[C@H]1CC=CC2(CC2)N(C(=O)OCc2ccccc2)C1. The minimum absolute atomic E-state index is 0.208. The molecular formula is C21H28N2O4. The van der Waals surface area contributed by atoms with E-state index in [2.05, 4.69) is 11.4 Å². The standard InChI is InChI=1S/C21H28N2O4/c1-20(2,3)27-18(24)22-17-10-7-11-21(12-13-21)23(14-17)19(25)26-15-16-8-5-4-6-9-16/h4-9,11,17H,10,12-15H2,1-3H3,(H,22,24)/t17-/m0/s1. The molecule has 27 heavy (non-hydrogen) atoms. The fourth-order valence-corrected chi connectivity index (χ4v) is 3.22. The number of hydrogen-bond acceptors (Lipinski definition) is 4. The van der Waals surface area contributed by atoms with Crippen molar-refractivity contribution in [3.63, 3.8) is 0 Å². The quantitative estimate of drug-likeness (QED) is 0.814. The van der Waals surface area contributed by atoms with Gasteiger partial charge in [0.1, 0.15) is 12.2 Å². The van der Waals surface area contributed by atoms with Crippen molar-refractivity contribution in [2.24, 2.45) is 0 Å². The van der Waals surface area contributed by atoms with Crippen molar-refractivity contribution in [1.29, 1.82) is 0 Å². The zero-order valence-electron chi connectivity index (χ0n) is 16.2. The van der Waals surface area contributed by atoms with E-state index in [1.165, 1.54) is 0 Å². The van der Waals surface area contributed by atoms with Gasteiger partial charge in [0, 0.05) is 6.54 Å². The monoisotopic (exact) mass is 372 g/mol. The highest BCUT2D eigenvalue weighted by Gasteiger charge is 2.50. The summed E-state index contributed by atoms with van der Waals surface area (Å²) >= 11 is 0. The van der Waals surface area contributed by atoms with Crippen molar-refractivity contribution >= 4 is 12.2 Å². The fourth-order valence-electron chi connectivity index (χ4n) is 3.22. The van der Waals surface area contributed by atoms with E-state index in [1.807, 2.05) is 57.2 Å². The molecule has 0 bridgehead atoms. The second-order valence-corrected chi connectivity index (χ2v) is 8.24. The molecule has 6 nitrogen and oxygen atoms in total. The molecule has 1 heterocycles. The number of carbonyl (C=O) groups excluding carboxylic acids is 2. The van der Waals surface area contributed by atoms with Crippen molar-refractivity contribution in [2.45, 2.75) is 63.8 Å². The number of carbonyl (C=O) groups is 2. The Kier molecular flexibility index (Phi) is 5.44. The average Bonchev–Trinajstić information content (AvgIpc) is 3.39. The third-order valence-electron chi connectivity index (χ3n) is 4.70. The van der Waals surface area contributed by atoms with Crippen LogP contribution in [-0.4, -0.2) is 40.8 Å². The molecule has 1 aliphatic heterocycles. The minimum Gasteiger partial charge on any atom is -0.445 e. The normalized spacial score (nSPS) is 20.7. The van der Waals surface area contributed by atoms with Gasteiger partial charge in [-0.15, -0.1) is 0 Å². The second kappa shape index (κ2) is 7.62. The van der Waals surface area contributed by atoms with Gasteiger partial charge in [0.05, 0.1) is 11.6 Å². The summed E-state index contributed by atoms with van der Waals surface area (Å²) in [5.74, 6) is 0. The molecule has 1 aromatic carbocycles. The number of hydrogen-bond donors (Lipinski definition) is 1. The molecule has 0 radical (unpaired) electrons. The van der Waals surface area contributed by atoms with E-state index in [0.717, 1.165) is 18.4 Å². The number of nitrogens with one attached hydrogen (secondary N) is 1. The lowest BCUT2D eigenvalue weighted by molar-refractivity contribution is 0.0469. The Morgan fingerprint density at radius 2 is 1.93 bits per heavy atom. The molecule has 1 atom stereocenters. The van der Waals surface area contributed by atoms with Crippen molar-refractivity contribution in [1.82, 2.24) is 10.2 Å². The average molecular weight is 372 g/mol. The molecule has 0 unspecified atom stereocenters. The lowest BCUT2D eigenvalue weighted by Gasteiger charge is -2.31. The molecule has 1 spiro atoms. The van der Waals surface area contributed by atoms with E-state index in [1.54, 1.807) is 4.90 Å². The molecule has 1 saturated carbocycles. The van der Waals surface area contributed by atoms with Crippen LogP contribution in [0.25, 0.3) is 0 Å². The topological polar surface area (TPSA) is 67.9 Å². The maximum absolute atomic E-state index is 12.8. The Bertz CT molecular complexity index is 705. The number of benzene rings is 1. The minimum atomic E-state index is -0.559. The fraction of sp³-hybridized carbons (Fsp3) is 0.524. The van der Waals surface area contributed by atoms with E-state index in [0.29, 0.717) is 13.0 Å². The largest absolute Gasteiger partial charge is 0.445 e. The molecular weight excluding hydrogens is 344 g/mol. The highest BCUT2D eigenvalue weighted by atomic mass is 16.6. The summed E-state index contributed by atoms with van der Waals surface area (Å²) in [6.07, 6.45) is 5.80. The first-order valence-corrected chi connectivity index (χ1v) is 9.43. The van der Waals surface area contributed by atoms with Gasteiger partial charge in [-0.25, -0.2) is 9.59 Å². The first-order chi connectivity index (χ1) is 12.8. The summed E-state index contributed by atoms with van der Waals surface area (Å²) in [5, 5.41) is 2.88. The lowest BCUT2D eigenvalue weighted by Crippen LogP contribution is -2.49. The van der Waals surface area contributed by atoms with Gasteiger partial charge in [0.25, 0.3) is 0 Å². The predicted octanol–water partition coefficient (Wildman–Crippen LogP) is 4.01. The van der Waals surface area contributed by atoms with Crippen LogP contribution in [0.1, 0.15) is 45.6 Å². The Hall–Kier alpha value is -2.50. The zero-order chi connectivity index (χ0) is 19.5. The van der Waals surface area contributed by atoms with E-state index in [4.69, 9.17) is 9.47 Å². The molecule has 1 N–H and O–H groups in total. The molecule has 3 rings (SSSR count). The maximum atomic E-state index is 12.8. The highest BCUT2D eigenvalue weighted by Crippen LogP contribution is 2.44. The smallest absolute Gasteiger partial charge is 0.410 e. The van der Waals surface area contributed by atoms with Crippen LogP contribution >= 0.6 is 0 Å². The first-order valence-electron chi connectivity index (χ1n) is 9.43. The first kappa shape index (κ1) is 19.3. The third-order valence-corrected chi connectivity index (χ3v) is 4.70. The lowest BCUT2D eigenvalue weighted by atomic mass is 10.2. The maximum Gasteiger partial charge on any atom is 0.410 e. The molecule has 6 heteroatoms. The Balaban J connectivity index is 1.62. The van der Waals surface area contributed by atoms with Crippen molar-refractivity contribution in [3.05, 3.63) is 48.0 Å². The van der Waals surface area contributed by atoms with Crippen LogP contribution in [-0.2, 0) is 16.1 Å². The van der Waals surface area contributed by atoms with Crippen molar-refractivity contribution in [3.8, 4) is 0 Å². The second-order valence-electron chi connectivity index (χ2n) is 8.24. The molecule has 1 aromatic rings. The number of ether oxygens (including phenoxy) is 2. The molecule has 146 valence electrons. The molecule has 2 amide bonds. The third kappa shape index (κ3) is 5.25. The molecule has 0 aromatic heterocycles. The van der Waals surface area contributed by atoms with Gasteiger partial charge in [-0.1, -0.05) is 42.5 Å². The van der Waals surface area contributed by atoms with Crippen LogP contribution in [0.3, 0.4) is 0 Å². The summed E-state index contributed by atoms with van der Waals surface area (Å²) in [6.45, 7) is 6.12. The molecule has 1 fully saturated rings. The Labute approximate surface area is 160 Å². The summed E-state index contributed by atoms with van der Waals surface area (Å²) < 4.78 is 10.9. The van der Waals surface area contributed by atoms with Crippen LogP contribution < -0.4 is 5.32 Å². The number of rotatable bonds is 3. The van der Waals surface area contributed by atoms with E-state index in [-0.39, 0.29) is 24.3 Å². The van der Waals surface area contributed by atoms with E-state index >= 15 is 0 Å². The van der Waals surface area contributed by atoms with E-state index < -0.39 is 11.7 Å². The van der Waals surface area contributed by atoms with Gasteiger partial charge in [-0.05, 0) is 45.6 Å². The number of nitrogens with zero attached hydrogens (tertiary/aromatic N) is 1. The van der Waals surface area contributed by atoms with Gasteiger partial charge in [-0.3, -0.25) is 4.90 Å². The van der Waals surface area contributed by atoms with Crippen LogP contribution in [0.4, 0.5) is 9.59 Å². The van der Waals surface area contributed by atoms with Gasteiger partial charge in [-0.2, -0.15) is 0 Å². The Morgan fingerprint density at radius 3 is 2.56 bits per heavy atom. The highest BCUT2D eigenvalue weighted by molar-refractivity contribution is 5.71. The Morgan fingerprint density at radius 1 is 1.22 bits per heavy atom. The summed E-state index contributed by atoms with van der Waals surface area (Å²) in [5.41, 5.74) is 0.124. The van der Waals surface area contributed by atoms with Crippen LogP contribution in [0.5, 0.6) is 0 Å². The summed E-state index contributed by atoms with van der Waals surface area (Å²) in [4.78, 5) is 26.6. The number of amides is 2. The summed E-state index contributed by atoms with van der Waals surface area (Å²) in [7, 11) is 0.